The lowest BCUT2D eigenvalue weighted by atomic mass is 10.1. The SMILES string of the molecule is Fc1ccccc1-c1nc(CN2CCN(Cc3ccc4c(c3)OCO4)CC2)no1. The maximum Gasteiger partial charge on any atom is 0.260 e. The summed E-state index contributed by atoms with van der Waals surface area (Å²) in [7, 11) is 0. The van der Waals surface area contributed by atoms with Gasteiger partial charge in [-0.05, 0) is 29.8 Å². The van der Waals surface area contributed by atoms with Crippen molar-refractivity contribution in [2.24, 2.45) is 0 Å². The highest BCUT2D eigenvalue weighted by Crippen LogP contribution is 2.32. The number of aromatic nitrogens is 2. The molecule has 0 N–H and O–H groups in total. The van der Waals surface area contributed by atoms with Gasteiger partial charge in [-0.1, -0.05) is 23.4 Å². The highest BCUT2D eigenvalue weighted by Gasteiger charge is 2.21. The van der Waals surface area contributed by atoms with Crippen LogP contribution in [0.15, 0.2) is 47.0 Å². The number of hydrogen-bond donors (Lipinski definition) is 0. The summed E-state index contributed by atoms with van der Waals surface area (Å²) in [6.07, 6.45) is 0. The number of halogens is 1. The largest absolute Gasteiger partial charge is 0.454 e. The molecule has 3 aromatic rings. The van der Waals surface area contributed by atoms with Crippen LogP contribution in [0.1, 0.15) is 11.4 Å². The summed E-state index contributed by atoms with van der Waals surface area (Å²) >= 11 is 0. The Hall–Kier alpha value is -2.97. The van der Waals surface area contributed by atoms with Gasteiger partial charge < -0.3 is 14.0 Å². The van der Waals surface area contributed by atoms with Crippen molar-refractivity contribution >= 4 is 0 Å². The molecule has 0 aliphatic carbocycles. The topological polar surface area (TPSA) is 63.9 Å². The second-order valence-corrected chi connectivity index (χ2v) is 7.24. The summed E-state index contributed by atoms with van der Waals surface area (Å²) in [4.78, 5) is 9.05. The molecule has 29 heavy (non-hydrogen) atoms. The molecule has 8 heteroatoms. The van der Waals surface area contributed by atoms with Crippen LogP contribution in [-0.2, 0) is 13.1 Å². The van der Waals surface area contributed by atoms with Crippen LogP contribution in [0.4, 0.5) is 4.39 Å². The van der Waals surface area contributed by atoms with E-state index >= 15 is 0 Å². The summed E-state index contributed by atoms with van der Waals surface area (Å²) in [6, 6.07) is 12.5. The zero-order valence-electron chi connectivity index (χ0n) is 15.9. The number of benzene rings is 2. The number of ether oxygens (including phenoxy) is 2. The van der Waals surface area contributed by atoms with Crippen LogP contribution in [0.2, 0.25) is 0 Å². The first-order valence-corrected chi connectivity index (χ1v) is 9.65. The lowest BCUT2D eigenvalue weighted by molar-refractivity contribution is 0.119. The maximum absolute atomic E-state index is 13.9. The van der Waals surface area contributed by atoms with Gasteiger partial charge in [-0.15, -0.1) is 0 Å². The summed E-state index contributed by atoms with van der Waals surface area (Å²) < 4.78 is 30.0. The van der Waals surface area contributed by atoms with Crippen molar-refractivity contribution in [3.8, 4) is 23.0 Å². The van der Waals surface area contributed by atoms with Gasteiger partial charge in [0, 0.05) is 32.7 Å². The van der Waals surface area contributed by atoms with Crippen molar-refractivity contribution in [3.63, 3.8) is 0 Å². The van der Waals surface area contributed by atoms with Gasteiger partial charge in [0.2, 0.25) is 6.79 Å². The molecule has 1 aromatic heterocycles. The molecule has 0 atom stereocenters. The van der Waals surface area contributed by atoms with Gasteiger partial charge in [-0.2, -0.15) is 4.98 Å². The van der Waals surface area contributed by atoms with Gasteiger partial charge >= 0.3 is 0 Å². The molecular formula is C21H21FN4O3. The Morgan fingerprint density at radius 2 is 1.66 bits per heavy atom. The van der Waals surface area contributed by atoms with E-state index in [9.17, 15) is 4.39 Å². The van der Waals surface area contributed by atoms with Crippen LogP contribution < -0.4 is 9.47 Å². The molecule has 0 amide bonds. The summed E-state index contributed by atoms with van der Waals surface area (Å²) in [5.41, 5.74) is 1.55. The Labute approximate surface area is 167 Å². The molecule has 2 aliphatic rings. The van der Waals surface area contributed by atoms with E-state index in [0.717, 1.165) is 44.2 Å². The first-order valence-electron chi connectivity index (χ1n) is 9.65. The first kappa shape index (κ1) is 18.1. The third kappa shape index (κ3) is 3.94. The Kier molecular flexibility index (Phi) is 4.87. The zero-order chi connectivity index (χ0) is 19.6. The van der Waals surface area contributed by atoms with Crippen LogP contribution in [0.5, 0.6) is 11.5 Å². The molecule has 0 spiro atoms. The fraction of sp³-hybridized carbons (Fsp3) is 0.333. The maximum atomic E-state index is 13.9. The molecule has 0 saturated carbocycles. The van der Waals surface area contributed by atoms with Crippen molar-refractivity contribution < 1.29 is 18.4 Å². The van der Waals surface area contributed by atoms with E-state index in [1.54, 1.807) is 18.2 Å². The fourth-order valence-corrected chi connectivity index (χ4v) is 3.67. The summed E-state index contributed by atoms with van der Waals surface area (Å²) in [5.74, 6) is 2.07. The first-order chi connectivity index (χ1) is 14.2. The molecule has 0 radical (unpaired) electrons. The lowest BCUT2D eigenvalue weighted by Gasteiger charge is -2.34. The van der Waals surface area contributed by atoms with Crippen LogP contribution in [0, 0.1) is 5.82 Å². The quantitative estimate of drug-likeness (QED) is 0.657. The normalized spacial score (nSPS) is 17.0. The molecule has 2 aliphatic heterocycles. The lowest BCUT2D eigenvalue weighted by Crippen LogP contribution is -2.45. The molecule has 5 rings (SSSR count). The molecule has 150 valence electrons. The number of rotatable bonds is 5. The van der Waals surface area contributed by atoms with Gasteiger partial charge in [0.15, 0.2) is 17.3 Å². The van der Waals surface area contributed by atoms with E-state index in [1.165, 1.54) is 11.6 Å². The number of nitrogens with zero attached hydrogens (tertiary/aromatic N) is 4. The molecule has 1 fully saturated rings. The van der Waals surface area contributed by atoms with Crippen molar-refractivity contribution in [1.82, 2.24) is 19.9 Å². The van der Waals surface area contributed by atoms with Crippen LogP contribution in [0.25, 0.3) is 11.5 Å². The van der Waals surface area contributed by atoms with Crippen molar-refractivity contribution in [3.05, 3.63) is 59.7 Å². The predicted octanol–water partition coefficient (Wildman–Crippen LogP) is 2.92. The van der Waals surface area contributed by atoms with Crippen molar-refractivity contribution in [2.45, 2.75) is 13.1 Å². The van der Waals surface area contributed by atoms with E-state index in [2.05, 4.69) is 32.1 Å². The summed E-state index contributed by atoms with van der Waals surface area (Å²) in [5, 5.41) is 4.01. The average molecular weight is 396 g/mol. The molecular weight excluding hydrogens is 375 g/mol. The molecule has 3 heterocycles. The minimum Gasteiger partial charge on any atom is -0.454 e. The fourth-order valence-electron chi connectivity index (χ4n) is 3.67. The average Bonchev–Trinajstić information content (AvgIpc) is 3.39. The zero-order valence-corrected chi connectivity index (χ0v) is 15.9. The van der Waals surface area contributed by atoms with Gasteiger partial charge in [0.1, 0.15) is 5.82 Å². The second kappa shape index (κ2) is 7.81. The Bertz CT molecular complexity index is 1000. The van der Waals surface area contributed by atoms with Crippen molar-refractivity contribution in [2.75, 3.05) is 33.0 Å². The smallest absolute Gasteiger partial charge is 0.260 e. The van der Waals surface area contributed by atoms with Gasteiger partial charge in [0.25, 0.3) is 5.89 Å². The number of piperazine rings is 1. The monoisotopic (exact) mass is 396 g/mol. The van der Waals surface area contributed by atoms with E-state index in [0.29, 0.717) is 24.7 Å². The highest BCUT2D eigenvalue weighted by molar-refractivity contribution is 5.53. The predicted molar refractivity (Wildman–Crippen MR) is 103 cm³/mol. The molecule has 7 nitrogen and oxygen atoms in total. The van der Waals surface area contributed by atoms with Crippen LogP contribution >= 0.6 is 0 Å². The Morgan fingerprint density at radius 3 is 2.48 bits per heavy atom. The van der Waals surface area contributed by atoms with Gasteiger partial charge in [0.05, 0.1) is 12.1 Å². The Balaban J connectivity index is 1.15. The minimum atomic E-state index is -0.361. The Morgan fingerprint density at radius 1 is 0.897 bits per heavy atom. The second-order valence-electron chi connectivity index (χ2n) is 7.24. The third-order valence-electron chi connectivity index (χ3n) is 5.25. The number of hydrogen-bond acceptors (Lipinski definition) is 7. The molecule has 2 aromatic carbocycles. The van der Waals surface area contributed by atoms with E-state index in [4.69, 9.17) is 14.0 Å². The minimum absolute atomic E-state index is 0.222. The molecule has 0 unspecified atom stereocenters. The molecule has 0 bridgehead atoms. The molecule has 1 saturated heterocycles. The number of fused-ring (bicyclic) bond motifs is 1. The van der Waals surface area contributed by atoms with E-state index in [1.807, 2.05) is 6.07 Å². The van der Waals surface area contributed by atoms with Gasteiger partial charge in [-0.3, -0.25) is 9.80 Å². The van der Waals surface area contributed by atoms with E-state index < -0.39 is 0 Å². The highest BCUT2D eigenvalue weighted by atomic mass is 19.1. The van der Waals surface area contributed by atoms with Crippen LogP contribution in [-0.4, -0.2) is 52.9 Å². The van der Waals surface area contributed by atoms with Crippen LogP contribution in [0.3, 0.4) is 0 Å². The standard InChI is InChI=1S/C21H21FN4O3/c22-17-4-2-1-3-16(17)21-23-20(24-29-21)13-26-9-7-25(8-10-26)12-15-5-6-18-19(11-15)28-14-27-18/h1-6,11H,7-10,12-14H2. The summed E-state index contributed by atoms with van der Waals surface area (Å²) in [6.45, 7) is 5.49. The van der Waals surface area contributed by atoms with E-state index in [-0.39, 0.29) is 11.7 Å². The van der Waals surface area contributed by atoms with Gasteiger partial charge in [-0.25, -0.2) is 4.39 Å². The van der Waals surface area contributed by atoms with Crippen molar-refractivity contribution in [1.29, 1.82) is 0 Å². The third-order valence-corrected chi connectivity index (χ3v) is 5.25.